The number of allylic oxidation sites excluding steroid dienone is 2. The van der Waals surface area contributed by atoms with Crippen molar-refractivity contribution >= 4 is 10.8 Å². The van der Waals surface area contributed by atoms with E-state index < -0.39 is 0 Å². The van der Waals surface area contributed by atoms with Crippen molar-refractivity contribution in [2.45, 2.75) is 48.5 Å². The van der Waals surface area contributed by atoms with E-state index in [0.717, 1.165) is 28.0 Å². The first-order chi connectivity index (χ1) is 11.3. The average Bonchev–Trinajstić information content (AvgIpc) is 2.66. The monoisotopic (exact) mass is 314 g/mol. The summed E-state index contributed by atoms with van der Waals surface area (Å²) in [5.41, 5.74) is 0. The molecule has 126 valence electrons. The van der Waals surface area contributed by atoms with Gasteiger partial charge in [0.2, 0.25) is 0 Å². The van der Waals surface area contributed by atoms with E-state index in [9.17, 15) is 0 Å². The van der Waals surface area contributed by atoms with Gasteiger partial charge in [-0.1, -0.05) is 78.5 Å². The fraction of sp³-hybridized carbons (Fsp3) is 0.333. The van der Waals surface area contributed by atoms with Gasteiger partial charge in [0.1, 0.15) is 5.76 Å². The number of hydrogen-bond acceptors (Lipinski definition) is 2. The first kappa shape index (κ1) is 20.8. The van der Waals surface area contributed by atoms with Gasteiger partial charge in [0.15, 0.2) is 17.3 Å². The first-order valence-electron chi connectivity index (χ1n) is 8.50. The van der Waals surface area contributed by atoms with E-state index in [2.05, 4.69) is 12.6 Å². The summed E-state index contributed by atoms with van der Waals surface area (Å²) in [6, 6.07) is 12.0. The first-order valence-corrected chi connectivity index (χ1v) is 8.50. The molecule has 2 aromatic rings. The number of fused-ring (bicyclic) bond motifs is 3. The molecule has 0 fully saturated rings. The molecule has 0 unspecified atom stereocenters. The summed E-state index contributed by atoms with van der Waals surface area (Å²) in [6.45, 7) is 17.6. The van der Waals surface area contributed by atoms with Gasteiger partial charge in [-0.05, 0) is 24.5 Å². The van der Waals surface area contributed by atoms with Crippen LogP contribution in [0.2, 0.25) is 0 Å². The van der Waals surface area contributed by atoms with Gasteiger partial charge in [-0.25, -0.2) is 0 Å². The van der Waals surface area contributed by atoms with Crippen LogP contribution in [0.3, 0.4) is 0 Å². The van der Waals surface area contributed by atoms with Crippen molar-refractivity contribution in [3.05, 3.63) is 60.6 Å². The largest absolute Gasteiger partial charge is 0.454 e. The second-order valence-electron chi connectivity index (χ2n) is 3.94. The standard InChI is InChI=1S/C15H12O2.3C2H6/c1-3-13-10(2)16-15-12-7-5-4-6-11(12)8-9-14(15)17-13;3*1-2/h3-9H,1H2,2H3;3*1-2H3. The van der Waals surface area contributed by atoms with Crippen LogP contribution in [0.4, 0.5) is 0 Å². The zero-order valence-electron chi connectivity index (χ0n) is 15.6. The fourth-order valence-corrected chi connectivity index (χ4v) is 1.99. The second-order valence-corrected chi connectivity index (χ2v) is 3.94. The summed E-state index contributed by atoms with van der Waals surface area (Å²) in [6.07, 6.45) is 1.66. The quantitative estimate of drug-likeness (QED) is 0.558. The molecule has 0 spiro atoms. The topological polar surface area (TPSA) is 18.5 Å². The molecule has 0 N–H and O–H groups in total. The van der Waals surface area contributed by atoms with Crippen molar-refractivity contribution in [1.82, 2.24) is 0 Å². The number of hydrogen-bond donors (Lipinski definition) is 0. The Kier molecular flexibility index (Phi) is 10.3. The molecule has 2 aromatic carbocycles. The Labute approximate surface area is 141 Å². The lowest BCUT2D eigenvalue weighted by Crippen LogP contribution is -2.08. The van der Waals surface area contributed by atoms with Gasteiger partial charge in [0.25, 0.3) is 0 Å². The number of ether oxygens (including phenoxy) is 2. The highest BCUT2D eigenvalue weighted by molar-refractivity contribution is 5.91. The molecule has 0 aliphatic carbocycles. The van der Waals surface area contributed by atoms with Crippen molar-refractivity contribution < 1.29 is 9.47 Å². The van der Waals surface area contributed by atoms with Crippen LogP contribution in [-0.4, -0.2) is 0 Å². The predicted octanol–water partition coefficient (Wildman–Crippen LogP) is 7.11. The lowest BCUT2D eigenvalue weighted by Gasteiger charge is -2.21. The maximum absolute atomic E-state index is 5.83. The van der Waals surface area contributed by atoms with Crippen molar-refractivity contribution in [2.75, 3.05) is 0 Å². The summed E-state index contributed by atoms with van der Waals surface area (Å²) in [4.78, 5) is 0. The highest BCUT2D eigenvalue weighted by Gasteiger charge is 2.19. The summed E-state index contributed by atoms with van der Waals surface area (Å²) in [5, 5.41) is 2.21. The van der Waals surface area contributed by atoms with Crippen LogP contribution in [0.5, 0.6) is 11.5 Å². The Hall–Kier alpha value is -2.22. The van der Waals surface area contributed by atoms with E-state index in [1.54, 1.807) is 6.08 Å². The highest BCUT2D eigenvalue weighted by atomic mass is 16.6. The van der Waals surface area contributed by atoms with Gasteiger partial charge in [-0.2, -0.15) is 0 Å². The normalized spacial score (nSPS) is 11.1. The van der Waals surface area contributed by atoms with Crippen molar-refractivity contribution in [1.29, 1.82) is 0 Å². The van der Waals surface area contributed by atoms with Gasteiger partial charge in [-0.3, -0.25) is 0 Å². The van der Waals surface area contributed by atoms with Crippen molar-refractivity contribution in [3.63, 3.8) is 0 Å². The van der Waals surface area contributed by atoms with Gasteiger partial charge in [0, 0.05) is 5.39 Å². The van der Waals surface area contributed by atoms with E-state index in [0.29, 0.717) is 5.76 Å². The summed E-state index contributed by atoms with van der Waals surface area (Å²) in [5.74, 6) is 2.94. The average molecular weight is 314 g/mol. The molecule has 1 heterocycles. The molecule has 0 bridgehead atoms. The number of benzene rings is 2. The Bertz CT molecular complexity index is 639. The van der Waals surface area contributed by atoms with Crippen LogP contribution in [0.1, 0.15) is 48.5 Å². The van der Waals surface area contributed by atoms with E-state index in [-0.39, 0.29) is 0 Å². The van der Waals surface area contributed by atoms with Crippen LogP contribution in [0, 0.1) is 0 Å². The molecule has 2 heteroatoms. The van der Waals surface area contributed by atoms with Gasteiger partial charge >= 0.3 is 0 Å². The molecule has 2 nitrogen and oxygen atoms in total. The Morgan fingerprint density at radius 2 is 1.43 bits per heavy atom. The maximum atomic E-state index is 5.83. The second kappa shape index (κ2) is 11.4. The lowest BCUT2D eigenvalue weighted by molar-refractivity contribution is 0.309. The molecule has 0 saturated carbocycles. The zero-order valence-corrected chi connectivity index (χ0v) is 15.6. The summed E-state index contributed by atoms with van der Waals surface area (Å²) in [7, 11) is 0. The van der Waals surface area contributed by atoms with Gasteiger partial charge < -0.3 is 9.47 Å². The SMILES string of the molecule is C=CC1=C(C)Oc2c(ccc3ccccc23)O1.CC.CC.CC. The van der Waals surface area contributed by atoms with Crippen LogP contribution < -0.4 is 9.47 Å². The Balaban J connectivity index is 0.000000728. The molecule has 1 aliphatic heterocycles. The minimum Gasteiger partial charge on any atom is -0.454 e. The predicted molar refractivity (Wildman–Crippen MR) is 102 cm³/mol. The molecule has 1 aliphatic rings. The third-order valence-electron chi connectivity index (χ3n) is 2.85. The third-order valence-corrected chi connectivity index (χ3v) is 2.85. The van der Waals surface area contributed by atoms with Gasteiger partial charge in [-0.15, -0.1) is 0 Å². The molecule has 0 radical (unpaired) electrons. The minimum absolute atomic E-state index is 0.674. The molecule has 0 saturated heterocycles. The van der Waals surface area contributed by atoms with Crippen LogP contribution in [0.15, 0.2) is 60.6 Å². The zero-order chi connectivity index (χ0) is 17.8. The molecule has 0 atom stereocenters. The summed E-state index contributed by atoms with van der Waals surface area (Å²) >= 11 is 0. The Morgan fingerprint density at radius 3 is 2.04 bits per heavy atom. The summed E-state index contributed by atoms with van der Waals surface area (Å²) < 4.78 is 11.6. The molecule has 0 aromatic heterocycles. The van der Waals surface area contributed by atoms with E-state index in [4.69, 9.17) is 9.47 Å². The number of rotatable bonds is 1. The van der Waals surface area contributed by atoms with Gasteiger partial charge in [0.05, 0.1) is 0 Å². The van der Waals surface area contributed by atoms with E-state index in [1.807, 2.05) is 78.8 Å². The molecule has 23 heavy (non-hydrogen) atoms. The highest BCUT2D eigenvalue weighted by Crippen LogP contribution is 2.40. The van der Waals surface area contributed by atoms with E-state index >= 15 is 0 Å². The smallest absolute Gasteiger partial charge is 0.177 e. The van der Waals surface area contributed by atoms with Crippen LogP contribution >= 0.6 is 0 Å². The van der Waals surface area contributed by atoms with Crippen molar-refractivity contribution in [3.8, 4) is 11.5 Å². The van der Waals surface area contributed by atoms with Crippen LogP contribution in [-0.2, 0) is 0 Å². The fourth-order valence-electron chi connectivity index (χ4n) is 1.99. The van der Waals surface area contributed by atoms with E-state index in [1.165, 1.54) is 0 Å². The maximum Gasteiger partial charge on any atom is 0.177 e. The molecule has 0 amide bonds. The Morgan fingerprint density at radius 1 is 0.826 bits per heavy atom. The molecular formula is C21H30O2. The minimum atomic E-state index is 0.674. The lowest BCUT2D eigenvalue weighted by atomic mass is 10.1. The molecular weight excluding hydrogens is 284 g/mol. The molecule has 3 rings (SSSR count). The van der Waals surface area contributed by atoms with Crippen LogP contribution in [0.25, 0.3) is 10.8 Å². The third kappa shape index (κ3) is 4.88. The van der Waals surface area contributed by atoms with Crippen molar-refractivity contribution in [2.24, 2.45) is 0 Å².